The number of piperidine rings is 1. The predicted molar refractivity (Wildman–Crippen MR) is 92.7 cm³/mol. The molecule has 1 saturated heterocycles. The average Bonchev–Trinajstić information content (AvgIpc) is 2.64. The molecule has 1 aliphatic rings. The van der Waals surface area contributed by atoms with Crippen LogP contribution in [0.15, 0.2) is 59.9 Å². The van der Waals surface area contributed by atoms with Crippen molar-refractivity contribution in [3.8, 4) is 0 Å². The minimum Gasteiger partial charge on any atom is -0.352 e. The zero-order chi connectivity index (χ0) is 16.6. The Balaban J connectivity index is 1.72. The summed E-state index contributed by atoms with van der Waals surface area (Å²) in [4.78, 5) is 23.5. The zero-order valence-electron chi connectivity index (χ0n) is 13.4. The van der Waals surface area contributed by atoms with Gasteiger partial charge in [-0.1, -0.05) is 29.4 Å². The summed E-state index contributed by atoms with van der Waals surface area (Å²) in [5, 5.41) is 6.73. The molecule has 1 aromatic heterocycles. The molecule has 2 aromatic rings. The Labute approximate surface area is 141 Å². The zero-order valence-corrected chi connectivity index (χ0v) is 13.4. The number of carbonyl (C=O) groups excluding carboxylic acids is 1. The van der Waals surface area contributed by atoms with Crippen molar-refractivity contribution in [1.82, 2.24) is 9.88 Å². The molecule has 0 radical (unpaired) electrons. The van der Waals surface area contributed by atoms with E-state index in [1.807, 2.05) is 36.4 Å². The van der Waals surface area contributed by atoms with Gasteiger partial charge in [0.25, 0.3) is 0 Å². The first-order valence-corrected chi connectivity index (χ1v) is 8.10. The Bertz CT molecular complexity index is 683. The van der Waals surface area contributed by atoms with Crippen LogP contribution in [-0.2, 0) is 4.84 Å². The monoisotopic (exact) mass is 324 g/mol. The molecule has 0 unspecified atom stereocenters. The van der Waals surface area contributed by atoms with Crippen LogP contribution >= 0.6 is 0 Å². The third-order valence-corrected chi connectivity index (χ3v) is 3.78. The standard InChI is InChI=1S/C18H20N4O2/c23-18(20-15-9-3-1-4-10-15)24-21-17(16-11-5-6-12-19-16)22-13-7-2-8-14-22/h1,3-6,9-12H,2,7-8,13-14H2,(H,20,23)/b21-17+. The summed E-state index contributed by atoms with van der Waals surface area (Å²) in [7, 11) is 0. The van der Waals surface area contributed by atoms with Crippen LogP contribution in [0.4, 0.5) is 10.5 Å². The maximum Gasteiger partial charge on any atom is 0.437 e. The van der Waals surface area contributed by atoms with Gasteiger partial charge in [0.1, 0.15) is 5.69 Å². The van der Waals surface area contributed by atoms with Crippen molar-refractivity contribution in [3.05, 3.63) is 60.4 Å². The number of anilines is 1. The molecule has 0 atom stereocenters. The second-order valence-corrected chi connectivity index (χ2v) is 5.55. The Morgan fingerprint density at radius 3 is 2.50 bits per heavy atom. The number of hydrogen-bond acceptors (Lipinski definition) is 4. The SMILES string of the molecule is O=C(Nc1ccccc1)O/N=C(\c1ccccn1)N1CCCCC1. The van der Waals surface area contributed by atoms with Gasteiger partial charge in [0.15, 0.2) is 5.84 Å². The summed E-state index contributed by atoms with van der Waals surface area (Å²) in [5.74, 6) is 0.596. The third kappa shape index (κ3) is 4.32. The fourth-order valence-corrected chi connectivity index (χ4v) is 2.61. The summed E-state index contributed by atoms with van der Waals surface area (Å²) in [6, 6.07) is 14.7. The van der Waals surface area contributed by atoms with E-state index in [1.165, 1.54) is 6.42 Å². The van der Waals surface area contributed by atoms with Gasteiger partial charge in [-0.05, 0) is 43.5 Å². The molecule has 0 saturated carbocycles. The number of aromatic nitrogens is 1. The molecule has 124 valence electrons. The summed E-state index contributed by atoms with van der Waals surface area (Å²) >= 11 is 0. The van der Waals surface area contributed by atoms with E-state index in [1.54, 1.807) is 18.3 Å². The first-order chi connectivity index (χ1) is 11.8. The van der Waals surface area contributed by atoms with Crippen molar-refractivity contribution in [2.45, 2.75) is 19.3 Å². The van der Waals surface area contributed by atoms with Crippen molar-refractivity contribution in [3.63, 3.8) is 0 Å². The van der Waals surface area contributed by atoms with Gasteiger partial charge >= 0.3 is 6.09 Å². The molecule has 3 rings (SSSR count). The highest BCUT2D eigenvalue weighted by Gasteiger charge is 2.19. The van der Waals surface area contributed by atoms with Gasteiger partial charge in [0, 0.05) is 25.0 Å². The van der Waals surface area contributed by atoms with Gasteiger partial charge < -0.3 is 4.90 Å². The summed E-state index contributed by atoms with van der Waals surface area (Å²) < 4.78 is 0. The van der Waals surface area contributed by atoms with Crippen LogP contribution in [0, 0.1) is 0 Å². The van der Waals surface area contributed by atoms with Gasteiger partial charge in [-0.25, -0.2) is 4.79 Å². The number of oxime groups is 1. The number of amides is 1. The molecule has 0 spiro atoms. The first-order valence-electron chi connectivity index (χ1n) is 8.10. The van der Waals surface area contributed by atoms with Crippen LogP contribution in [0.2, 0.25) is 0 Å². The molecule has 1 aromatic carbocycles. The number of likely N-dealkylation sites (tertiary alicyclic amines) is 1. The number of benzene rings is 1. The lowest BCUT2D eigenvalue weighted by Crippen LogP contribution is -2.37. The Morgan fingerprint density at radius 1 is 1.04 bits per heavy atom. The number of hydrogen-bond donors (Lipinski definition) is 1. The third-order valence-electron chi connectivity index (χ3n) is 3.78. The fourth-order valence-electron chi connectivity index (χ4n) is 2.61. The maximum absolute atomic E-state index is 12.0. The lowest BCUT2D eigenvalue weighted by molar-refractivity contribution is 0.163. The predicted octanol–water partition coefficient (Wildman–Crippen LogP) is 3.48. The van der Waals surface area contributed by atoms with E-state index in [-0.39, 0.29) is 0 Å². The fraction of sp³-hybridized carbons (Fsp3) is 0.278. The Kier molecular flexibility index (Phi) is 5.40. The van der Waals surface area contributed by atoms with Gasteiger partial charge in [0.05, 0.1) is 0 Å². The van der Waals surface area contributed by atoms with Gasteiger partial charge in [0.2, 0.25) is 0 Å². The van der Waals surface area contributed by atoms with E-state index < -0.39 is 6.09 Å². The topological polar surface area (TPSA) is 66.8 Å². The largest absolute Gasteiger partial charge is 0.437 e. The number of nitrogens with zero attached hydrogens (tertiary/aromatic N) is 3. The molecule has 1 amide bonds. The smallest absolute Gasteiger partial charge is 0.352 e. The highest BCUT2D eigenvalue weighted by atomic mass is 16.7. The van der Waals surface area contributed by atoms with Crippen LogP contribution in [0.25, 0.3) is 0 Å². The molecular weight excluding hydrogens is 304 g/mol. The lowest BCUT2D eigenvalue weighted by atomic mass is 10.1. The second-order valence-electron chi connectivity index (χ2n) is 5.55. The molecule has 1 N–H and O–H groups in total. The highest BCUT2D eigenvalue weighted by molar-refractivity contribution is 5.97. The minimum atomic E-state index is -0.619. The van der Waals surface area contributed by atoms with Crippen LogP contribution in [0.1, 0.15) is 25.0 Å². The minimum absolute atomic E-state index is 0.596. The van der Waals surface area contributed by atoms with Crippen molar-refractivity contribution in [2.24, 2.45) is 5.16 Å². The van der Waals surface area contributed by atoms with Gasteiger partial charge in [-0.15, -0.1) is 0 Å². The Morgan fingerprint density at radius 2 is 1.79 bits per heavy atom. The van der Waals surface area contributed by atoms with Crippen LogP contribution < -0.4 is 5.32 Å². The van der Waals surface area contributed by atoms with Crippen LogP contribution in [0.3, 0.4) is 0 Å². The van der Waals surface area contributed by atoms with E-state index in [4.69, 9.17) is 4.84 Å². The van der Waals surface area contributed by atoms with Gasteiger partial charge in [-0.2, -0.15) is 0 Å². The number of pyridine rings is 1. The maximum atomic E-state index is 12.0. The van der Waals surface area contributed by atoms with E-state index in [0.717, 1.165) is 25.9 Å². The van der Waals surface area contributed by atoms with Crippen LogP contribution in [-0.4, -0.2) is 34.9 Å². The van der Waals surface area contributed by atoms with E-state index >= 15 is 0 Å². The van der Waals surface area contributed by atoms with Gasteiger partial charge in [-0.3, -0.25) is 15.1 Å². The molecule has 1 aliphatic heterocycles. The Hall–Kier alpha value is -2.89. The van der Waals surface area contributed by atoms with Crippen molar-refractivity contribution < 1.29 is 9.63 Å². The molecule has 0 bridgehead atoms. The number of carbonyl (C=O) groups is 1. The molecule has 24 heavy (non-hydrogen) atoms. The normalized spacial score (nSPS) is 15.0. The highest BCUT2D eigenvalue weighted by Crippen LogP contribution is 2.13. The number of rotatable bonds is 3. The molecule has 2 heterocycles. The first kappa shape index (κ1) is 16.0. The quantitative estimate of drug-likeness (QED) is 0.406. The number of amidine groups is 1. The van der Waals surface area contributed by atoms with Crippen molar-refractivity contribution in [2.75, 3.05) is 18.4 Å². The van der Waals surface area contributed by atoms with E-state index in [9.17, 15) is 4.79 Å². The van der Waals surface area contributed by atoms with Crippen LogP contribution in [0.5, 0.6) is 0 Å². The summed E-state index contributed by atoms with van der Waals surface area (Å²) in [6.45, 7) is 1.78. The number of para-hydroxylation sites is 1. The average molecular weight is 324 g/mol. The molecule has 6 heteroatoms. The molecule has 1 fully saturated rings. The second kappa shape index (κ2) is 8.10. The lowest BCUT2D eigenvalue weighted by Gasteiger charge is -2.28. The summed E-state index contributed by atoms with van der Waals surface area (Å²) in [5.41, 5.74) is 1.36. The molecule has 6 nitrogen and oxygen atoms in total. The van der Waals surface area contributed by atoms with E-state index in [0.29, 0.717) is 17.2 Å². The summed E-state index contributed by atoms with van der Waals surface area (Å²) in [6.07, 6.45) is 4.50. The number of nitrogens with one attached hydrogen (secondary N) is 1. The molecule has 0 aliphatic carbocycles. The molecular formula is C18H20N4O2. The van der Waals surface area contributed by atoms with E-state index in [2.05, 4.69) is 20.4 Å². The van der Waals surface area contributed by atoms with Crippen molar-refractivity contribution >= 4 is 17.6 Å². The van der Waals surface area contributed by atoms with Crippen molar-refractivity contribution in [1.29, 1.82) is 0 Å².